The minimum Gasteiger partial charge on any atom is -0.263 e. The Hall–Kier alpha value is -16.1. The molecule has 0 bridgehead atoms. The number of hydrogen-bond acceptors (Lipinski definition) is 13. The minimum absolute atomic E-state index is 0.392. The SMILES string of the molecule is N#Cc1cc(-c2ccc3c(c2)sc2cc(-c4ccccc4)c4ccccc4c23)ccn1.N#Cc1cc(-c2cccc(-c3ccc4c(c3)sc3ccc5ccccc5c34)n2)ccn1.N#Cc1ccnc(-c2ccc3c(c2)sc2cc(-c4ccccc4)c4ccccc4c23)c1.N#Cc1cncc(-c2ccc3c(c2)sc2cc(-c4ccccc4)c4ccccc4c23)c1. The second-order valence-corrected chi connectivity index (χ2v) is 34.5. The molecule has 0 saturated heterocycles. The maximum absolute atomic E-state index is 9.22. The Morgan fingerprint density at radius 1 is 0.210 bits per heavy atom. The summed E-state index contributed by atoms with van der Waals surface area (Å²) in [5.41, 5.74) is 19.3. The predicted molar refractivity (Wildman–Crippen MR) is 519 cm³/mol. The second kappa shape index (κ2) is 32.6. The van der Waals surface area contributed by atoms with Gasteiger partial charge in [0, 0.05) is 134 Å². The molecular weight excluding hydrogens is 1590 g/mol. The molecule has 0 unspecified atom stereocenters. The van der Waals surface area contributed by atoms with E-state index in [1.165, 1.54) is 157 Å². The van der Waals surface area contributed by atoms with Gasteiger partial charge >= 0.3 is 0 Å². The lowest BCUT2D eigenvalue weighted by Crippen LogP contribution is -1.89. The molecule has 24 aromatic rings. The van der Waals surface area contributed by atoms with Crippen molar-refractivity contribution < 1.29 is 0 Å². The maximum Gasteiger partial charge on any atom is 0.141 e. The number of benzene rings is 15. The summed E-state index contributed by atoms with van der Waals surface area (Å²) in [5, 5.41) is 57.3. The Balaban J connectivity index is 0.000000101. The van der Waals surface area contributed by atoms with E-state index in [1.807, 2.05) is 100 Å². The molecule has 9 nitrogen and oxygen atoms in total. The van der Waals surface area contributed by atoms with Crippen molar-refractivity contribution in [2.45, 2.75) is 0 Å². The fraction of sp³-hybridized carbons (Fsp3) is 0. The van der Waals surface area contributed by atoms with E-state index in [-0.39, 0.29) is 0 Å². The Bertz CT molecular complexity index is 7980. The van der Waals surface area contributed by atoms with Crippen molar-refractivity contribution in [1.29, 1.82) is 21.0 Å². The van der Waals surface area contributed by atoms with Crippen LogP contribution in [0.3, 0.4) is 0 Å². The van der Waals surface area contributed by atoms with Crippen LogP contribution in [-0.4, -0.2) is 24.9 Å². The van der Waals surface area contributed by atoms with Gasteiger partial charge in [-0.25, -0.2) is 15.0 Å². The zero-order valence-electron chi connectivity index (χ0n) is 66.0. The van der Waals surface area contributed by atoms with Gasteiger partial charge in [-0.3, -0.25) is 9.97 Å². The summed E-state index contributed by atoms with van der Waals surface area (Å²) in [6.07, 6.45) is 8.46. The van der Waals surface area contributed by atoms with Crippen LogP contribution < -0.4 is 0 Å². The third-order valence-electron chi connectivity index (χ3n) is 22.9. The number of fused-ring (bicyclic) bond motifs is 20. The molecule has 9 aromatic heterocycles. The number of hydrogen-bond donors (Lipinski definition) is 0. The molecule has 0 amide bonds. The van der Waals surface area contributed by atoms with Crippen molar-refractivity contribution in [2.24, 2.45) is 0 Å². The van der Waals surface area contributed by atoms with Crippen molar-refractivity contribution in [3.05, 3.63) is 405 Å². The van der Waals surface area contributed by atoms with Crippen LogP contribution >= 0.6 is 45.3 Å². The molecular formula is C111H63N9S4. The summed E-state index contributed by atoms with van der Waals surface area (Å²) < 4.78 is 10.1. The van der Waals surface area contributed by atoms with Crippen LogP contribution in [0, 0.1) is 45.3 Å². The molecule has 0 spiro atoms. The first-order valence-electron chi connectivity index (χ1n) is 40.3. The van der Waals surface area contributed by atoms with Crippen molar-refractivity contribution in [3.63, 3.8) is 0 Å². The first-order valence-corrected chi connectivity index (χ1v) is 43.6. The van der Waals surface area contributed by atoms with Crippen molar-refractivity contribution in [1.82, 2.24) is 24.9 Å². The molecule has 124 heavy (non-hydrogen) atoms. The van der Waals surface area contributed by atoms with Gasteiger partial charge in [0.25, 0.3) is 0 Å². The largest absolute Gasteiger partial charge is 0.263 e. The summed E-state index contributed by atoms with van der Waals surface area (Å²) in [6, 6.07) is 132. The highest BCUT2D eigenvalue weighted by molar-refractivity contribution is 7.27. The lowest BCUT2D eigenvalue weighted by atomic mass is 9.95. The van der Waals surface area contributed by atoms with Crippen LogP contribution in [-0.2, 0) is 0 Å². The van der Waals surface area contributed by atoms with Crippen LogP contribution in [0.25, 0.3) is 213 Å². The van der Waals surface area contributed by atoms with Gasteiger partial charge in [-0.2, -0.15) is 21.0 Å². The molecule has 576 valence electrons. The summed E-state index contributed by atoms with van der Waals surface area (Å²) >= 11 is 7.27. The number of rotatable bonds is 8. The summed E-state index contributed by atoms with van der Waals surface area (Å²) in [4.78, 5) is 21.7. The van der Waals surface area contributed by atoms with E-state index in [0.717, 1.165) is 56.0 Å². The summed E-state index contributed by atoms with van der Waals surface area (Å²) in [5.74, 6) is 0. The molecule has 0 aliphatic heterocycles. The van der Waals surface area contributed by atoms with Crippen molar-refractivity contribution in [3.8, 4) is 114 Å². The summed E-state index contributed by atoms with van der Waals surface area (Å²) in [6.45, 7) is 0. The van der Waals surface area contributed by atoms with Crippen LogP contribution in [0.1, 0.15) is 22.5 Å². The number of pyridine rings is 5. The molecule has 13 heteroatoms. The number of thiophene rings is 4. The molecule has 0 N–H and O–H groups in total. The quantitative estimate of drug-likeness (QED) is 0.144. The molecule has 0 fully saturated rings. The highest BCUT2D eigenvalue weighted by Crippen LogP contribution is 2.49. The first kappa shape index (κ1) is 75.4. The zero-order chi connectivity index (χ0) is 83.1. The molecule has 0 radical (unpaired) electrons. The van der Waals surface area contributed by atoms with E-state index < -0.39 is 0 Å². The molecule has 0 saturated carbocycles. The Morgan fingerprint density at radius 2 is 0.589 bits per heavy atom. The average molecular weight is 1650 g/mol. The Morgan fingerprint density at radius 3 is 1.07 bits per heavy atom. The standard InChI is InChI=1S/3C28H16N2S.C27H15N3S/c29-15-18-12-21(17-30-16-18)20-10-11-24-26(13-20)31-27-14-25(19-6-2-1-3-7-19)22-8-4-5-9-23(22)28(24)27;29-17-18-12-13-30-25(14-18)20-10-11-23-26(15-20)31-27-16-24(19-6-2-1-3-7-19)21-8-4-5-9-22(21)28(23)27;29-17-21-14-20(12-13-30-21)19-10-11-24-26(15-19)31-27-16-25(18-6-2-1-3-7-18)22-8-4-5-9-23(22)28(24)27;28-16-20-14-19(12-13-29-20)24-7-3-6-23(30-24)18-8-10-22-26(15-18)31-25-11-9-17-4-1-2-5-21(17)27(22)25/h1-14,16-17H;2*1-16H;1-15H. The summed E-state index contributed by atoms with van der Waals surface area (Å²) in [7, 11) is 0. The van der Waals surface area contributed by atoms with Crippen LogP contribution in [0.15, 0.2) is 383 Å². The van der Waals surface area contributed by atoms with E-state index in [2.05, 4.69) is 335 Å². The fourth-order valence-corrected chi connectivity index (χ4v) is 21.9. The van der Waals surface area contributed by atoms with E-state index in [0.29, 0.717) is 22.5 Å². The Kier molecular flexibility index (Phi) is 19.8. The first-order chi connectivity index (χ1) is 61.2. The van der Waals surface area contributed by atoms with Crippen molar-refractivity contribution >= 4 is 169 Å². The van der Waals surface area contributed by atoms with Gasteiger partial charge < -0.3 is 0 Å². The van der Waals surface area contributed by atoms with Gasteiger partial charge in [-0.15, -0.1) is 45.3 Å². The smallest absolute Gasteiger partial charge is 0.141 e. The van der Waals surface area contributed by atoms with Crippen LogP contribution in [0.5, 0.6) is 0 Å². The fourth-order valence-electron chi connectivity index (χ4n) is 17.1. The van der Waals surface area contributed by atoms with Gasteiger partial charge in [-0.05, 0) is 196 Å². The molecule has 15 aromatic carbocycles. The van der Waals surface area contributed by atoms with E-state index >= 15 is 0 Å². The van der Waals surface area contributed by atoms with Crippen LogP contribution in [0.4, 0.5) is 0 Å². The molecule has 0 aliphatic carbocycles. The highest BCUT2D eigenvalue weighted by atomic mass is 32.1. The van der Waals surface area contributed by atoms with E-state index in [9.17, 15) is 15.8 Å². The monoisotopic (exact) mass is 1650 g/mol. The van der Waals surface area contributed by atoms with Gasteiger partial charge in [-0.1, -0.05) is 249 Å². The number of nitriles is 4. The van der Waals surface area contributed by atoms with Gasteiger partial charge in [0.1, 0.15) is 29.6 Å². The van der Waals surface area contributed by atoms with Gasteiger partial charge in [0.15, 0.2) is 0 Å². The van der Waals surface area contributed by atoms with Crippen LogP contribution in [0.2, 0.25) is 0 Å². The third-order valence-corrected chi connectivity index (χ3v) is 27.3. The predicted octanol–water partition coefficient (Wildman–Crippen LogP) is 30.6. The lowest BCUT2D eigenvalue weighted by Gasteiger charge is -2.09. The second-order valence-electron chi connectivity index (χ2n) is 30.1. The lowest BCUT2D eigenvalue weighted by molar-refractivity contribution is 1.25. The number of aromatic nitrogens is 5. The Labute approximate surface area is 728 Å². The van der Waals surface area contributed by atoms with Crippen molar-refractivity contribution in [2.75, 3.05) is 0 Å². The molecule has 0 aliphatic rings. The minimum atomic E-state index is 0.392. The topological polar surface area (TPSA) is 160 Å². The van der Waals surface area contributed by atoms with E-state index in [4.69, 9.17) is 10.2 Å². The number of nitrogens with zero attached hydrogens (tertiary/aromatic N) is 9. The highest BCUT2D eigenvalue weighted by Gasteiger charge is 2.20. The molecule has 24 rings (SSSR count). The average Bonchev–Trinajstić information content (AvgIpc) is 1.57. The third kappa shape index (κ3) is 14.2. The molecule has 9 heterocycles. The zero-order valence-corrected chi connectivity index (χ0v) is 69.3. The maximum atomic E-state index is 9.22. The van der Waals surface area contributed by atoms with Gasteiger partial charge in [0.05, 0.1) is 34.3 Å². The normalized spacial score (nSPS) is 11.2. The molecule has 0 atom stereocenters. The van der Waals surface area contributed by atoms with E-state index in [1.54, 1.807) is 36.9 Å². The van der Waals surface area contributed by atoms with Gasteiger partial charge in [0.2, 0.25) is 0 Å².